The first-order valence-electron chi connectivity index (χ1n) is 9.50. The standard InChI is InChI=1S/C22H31N3O3S/c1-14(2)9-16(5)24-25-18(13-29-22(25)23-12-15(3)4)17-10-19(26-6)21(28-8)20(11-17)27-7/h10-11,13-14H,3,9,12H2,1-2,4-8H3. The topological polar surface area (TPSA) is 57.3 Å². The Hall–Kier alpha value is -2.54. The van der Waals surface area contributed by atoms with Crippen molar-refractivity contribution in [3.05, 3.63) is 34.5 Å². The first kappa shape index (κ1) is 22.7. The van der Waals surface area contributed by atoms with Gasteiger partial charge in [-0.05, 0) is 38.3 Å². The van der Waals surface area contributed by atoms with E-state index in [1.54, 1.807) is 32.7 Å². The summed E-state index contributed by atoms with van der Waals surface area (Å²) in [5.74, 6) is 2.29. The molecule has 7 heteroatoms. The van der Waals surface area contributed by atoms with Crippen LogP contribution in [-0.2, 0) is 0 Å². The van der Waals surface area contributed by atoms with Crippen LogP contribution in [0.1, 0.15) is 34.1 Å². The van der Waals surface area contributed by atoms with Crippen molar-refractivity contribution in [2.45, 2.75) is 34.1 Å². The Bertz CT molecular complexity index is 929. The van der Waals surface area contributed by atoms with Crippen LogP contribution in [0.4, 0.5) is 0 Å². The number of ether oxygens (including phenoxy) is 3. The van der Waals surface area contributed by atoms with E-state index < -0.39 is 0 Å². The van der Waals surface area contributed by atoms with Gasteiger partial charge in [0.15, 0.2) is 11.5 Å². The summed E-state index contributed by atoms with van der Waals surface area (Å²) < 4.78 is 18.4. The SMILES string of the molecule is C=C(C)CN=c1scc(-c2cc(OC)c(OC)c(OC)c2)n1N=C(C)CC(C)C. The maximum Gasteiger partial charge on any atom is 0.206 e. The molecule has 0 unspecified atom stereocenters. The van der Waals surface area contributed by atoms with Crippen LogP contribution in [0.3, 0.4) is 0 Å². The highest BCUT2D eigenvalue weighted by Gasteiger charge is 2.17. The molecule has 0 N–H and O–H groups in total. The Morgan fingerprint density at radius 3 is 2.21 bits per heavy atom. The molecule has 0 radical (unpaired) electrons. The van der Waals surface area contributed by atoms with Gasteiger partial charge in [0, 0.05) is 16.7 Å². The third-order valence-electron chi connectivity index (χ3n) is 4.10. The molecule has 2 aromatic rings. The lowest BCUT2D eigenvalue weighted by atomic mass is 10.1. The van der Waals surface area contributed by atoms with E-state index in [4.69, 9.17) is 24.3 Å². The number of benzene rings is 1. The predicted molar refractivity (Wildman–Crippen MR) is 121 cm³/mol. The average molecular weight is 418 g/mol. The maximum atomic E-state index is 5.52. The van der Waals surface area contributed by atoms with Crippen LogP contribution >= 0.6 is 11.3 Å². The number of aromatic nitrogens is 1. The predicted octanol–water partition coefficient (Wildman–Crippen LogP) is 4.99. The van der Waals surface area contributed by atoms with Crippen molar-refractivity contribution in [1.82, 2.24) is 4.68 Å². The summed E-state index contributed by atoms with van der Waals surface area (Å²) in [4.78, 5) is 5.51. The molecule has 1 aromatic carbocycles. The molecule has 0 aliphatic carbocycles. The van der Waals surface area contributed by atoms with E-state index in [0.717, 1.165) is 33.8 Å². The molecule has 158 valence electrons. The van der Waals surface area contributed by atoms with E-state index >= 15 is 0 Å². The number of hydrogen-bond donors (Lipinski definition) is 0. The second-order valence-corrected chi connectivity index (χ2v) is 8.17. The molecule has 6 nitrogen and oxygen atoms in total. The normalized spacial score (nSPS) is 12.4. The lowest BCUT2D eigenvalue weighted by Gasteiger charge is -2.14. The van der Waals surface area contributed by atoms with E-state index in [0.29, 0.717) is 29.7 Å². The third kappa shape index (κ3) is 5.73. The number of hydrogen-bond acceptors (Lipinski definition) is 6. The highest BCUT2D eigenvalue weighted by molar-refractivity contribution is 7.07. The first-order chi connectivity index (χ1) is 13.8. The molecule has 0 saturated heterocycles. The van der Waals surface area contributed by atoms with Crippen LogP contribution in [0.2, 0.25) is 0 Å². The molecule has 0 fully saturated rings. The monoisotopic (exact) mass is 417 g/mol. The molecule has 0 spiro atoms. The van der Waals surface area contributed by atoms with E-state index in [1.165, 1.54) is 0 Å². The average Bonchev–Trinajstić information content (AvgIpc) is 3.06. The van der Waals surface area contributed by atoms with Crippen molar-refractivity contribution in [3.63, 3.8) is 0 Å². The summed E-state index contributed by atoms with van der Waals surface area (Å²) in [6, 6.07) is 3.85. The van der Waals surface area contributed by atoms with Gasteiger partial charge in [0.1, 0.15) is 0 Å². The van der Waals surface area contributed by atoms with Crippen LogP contribution < -0.4 is 19.0 Å². The Labute approximate surface area is 177 Å². The largest absolute Gasteiger partial charge is 0.493 e. The minimum absolute atomic E-state index is 0.526. The highest BCUT2D eigenvalue weighted by Crippen LogP contribution is 2.41. The molecule has 0 aliphatic heterocycles. The van der Waals surface area contributed by atoms with E-state index in [1.807, 2.05) is 36.0 Å². The van der Waals surface area contributed by atoms with Gasteiger partial charge in [-0.1, -0.05) is 26.0 Å². The Morgan fingerprint density at radius 1 is 1.10 bits per heavy atom. The molecular formula is C22H31N3O3S. The van der Waals surface area contributed by atoms with Crippen LogP contribution in [-0.4, -0.2) is 38.3 Å². The Morgan fingerprint density at radius 2 is 1.72 bits per heavy atom. The van der Waals surface area contributed by atoms with Crippen molar-refractivity contribution < 1.29 is 14.2 Å². The molecule has 0 amide bonds. The second-order valence-electron chi connectivity index (χ2n) is 7.34. The molecule has 0 atom stereocenters. The fourth-order valence-corrected chi connectivity index (χ4v) is 3.77. The minimum atomic E-state index is 0.526. The zero-order valence-electron chi connectivity index (χ0n) is 18.4. The Balaban J connectivity index is 2.70. The second kappa shape index (κ2) is 10.3. The van der Waals surface area contributed by atoms with Crippen LogP contribution in [0.25, 0.3) is 11.3 Å². The van der Waals surface area contributed by atoms with Gasteiger partial charge in [0.2, 0.25) is 10.6 Å². The summed E-state index contributed by atoms with van der Waals surface area (Å²) in [7, 11) is 4.82. The van der Waals surface area contributed by atoms with Gasteiger partial charge < -0.3 is 14.2 Å². The highest BCUT2D eigenvalue weighted by atomic mass is 32.1. The molecule has 1 heterocycles. The van der Waals surface area contributed by atoms with E-state index in [9.17, 15) is 0 Å². The van der Waals surface area contributed by atoms with Crippen LogP contribution in [0.15, 0.2) is 39.8 Å². The Kier molecular flexibility index (Phi) is 8.08. The maximum absolute atomic E-state index is 5.52. The molecule has 1 aromatic heterocycles. The fourth-order valence-electron chi connectivity index (χ4n) is 2.94. The summed E-state index contributed by atoms with van der Waals surface area (Å²) in [6.45, 7) is 12.9. The summed E-state index contributed by atoms with van der Waals surface area (Å²) in [6.07, 6.45) is 0.914. The number of methoxy groups -OCH3 is 3. The van der Waals surface area contributed by atoms with Gasteiger partial charge in [0.05, 0.1) is 33.6 Å². The van der Waals surface area contributed by atoms with Crippen molar-refractivity contribution in [2.75, 3.05) is 27.9 Å². The number of rotatable bonds is 9. The smallest absolute Gasteiger partial charge is 0.206 e. The summed E-state index contributed by atoms with van der Waals surface area (Å²) >= 11 is 1.55. The van der Waals surface area contributed by atoms with E-state index in [2.05, 4.69) is 20.4 Å². The van der Waals surface area contributed by atoms with Gasteiger partial charge in [-0.15, -0.1) is 11.3 Å². The molecule has 0 bridgehead atoms. The van der Waals surface area contributed by atoms with Crippen LogP contribution in [0.5, 0.6) is 17.2 Å². The molecule has 0 saturated carbocycles. The van der Waals surface area contributed by atoms with Crippen molar-refractivity contribution in [3.8, 4) is 28.5 Å². The lowest BCUT2D eigenvalue weighted by Crippen LogP contribution is -2.15. The molecule has 0 aliphatic rings. The minimum Gasteiger partial charge on any atom is -0.493 e. The molecule has 2 rings (SSSR count). The van der Waals surface area contributed by atoms with Crippen molar-refractivity contribution in [1.29, 1.82) is 0 Å². The van der Waals surface area contributed by atoms with Gasteiger partial charge in [-0.3, -0.25) is 4.99 Å². The quantitative estimate of drug-likeness (QED) is 0.427. The third-order valence-corrected chi connectivity index (χ3v) is 4.96. The first-order valence-corrected chi connectivity index (χ1v) is 10.4. The van der Waals surface area contributed by atoms with Crippen LogP contribution in [0, 0.1) is 5.92 Å². The van der Waals surface area contributed by atoms with Gasteiger partial charge >= 0.3 is 0 Å². The summed E-state index contributed by atoms with van der Waals surface area (Å²) in [5.41, 5.74) is 3.87. The molecular weight excluding hydrogens is 386 g/mol. The van der Waals surface area contributed by atoms with E-state index in [-0.39, 0.29) is 0 Å². The zero-order chi connectivity index (χ0) is 21.6. The van der Waals surface area contributed by atoms with Crippen molar-refractivity contribution in [2.24, 2.45) is 16.0 Å². The van der Waals surface area contributed by atoms with Gasteiger partial charge in [0.25, 0.3) is 0 Å². The van der Waals surface area contributed by atoms with Crippen molar-refractivity contribution >= 4 is 17.0 Å². The zero-order valence-corrected chi connectivity index (χ0v) is 19.2. The number of nitrogens with zero attached hydrogens (tertiary/aromatic N) is 3. The molecule has 29 heavy (non-hydrogen) atoms. The number of thiazole rings is 1. The van der Waals surface area contributed by atoms with Gasteiger partial charge in [-0.25, -0.2) is 4.68 Å². The lowest BCUT2D eigenvalue weighted by molar-refractivity contribution is 0.324. The fraction of sp³-hybridized carbons (Fsp3) is 0.455. The summed E-state index contributed by atoms with van der Waals surface area (Å²) in [5, 5.41) is 6.92. The van der Waals surface area contributed by atoms with Gasteiger partial charge in [-0.2, -0.15) is 5.10 Å².